The third kappa shape index (κ3) is 2.14. The van der Waals surface area contributed by atoms with E-state index in [1.807, 2.05) is 24.4 Å². The van der Waals surface area contributed by atoms with Crippen molar-refractivity contribution >= 4 is 34.3 Å². The summed E-state index contributed by atoms with van der Waals surface area (Å²) in [5.41, 5.74) is 2.41. The largest absolute Gasteiger partial charge is 0.360 e. The molecule has 0 amide bonds. The highest BCUT2D eigenvalue weighted by Crippen LogP contribution is 2.35. The Balaban J connectivity index is 2.05. The van der Waals surface area contributed by atoms with E-state index in [9.17, 15) is 0 Å². The molecule has 3 heteroatoms. The molecule has 0 saturated heterocycles. The van der Waals surface area contributed by atoms with Crippen molar-refractivity contribution in [1.29, 1.82) is 0 Å². The van der Waals surface area contributed by atoms with Crippen LogP contribution in [-0.2, 0) is 0 Å². The Bertz CT molecular complexity index is 703. The molecule has 0 spiro atoms. The lowest BCUT2D eigenvalue weighted by Crippen LogP contribution is -1.77. The summed E-state index contributed by atoms with van der Waals surface area (Å²) >= 11 is 7.83. The van der Waals surface area contributed by atoms with Gasteiger partial charge in [-0.1, -0.05) is 41.6 Å². The maximum atomic E-state index is 6.06. The number of rotatable bonds is 2. The van der Waals surface area contributed by atoms with E-state index in [2.05, 4.69) is 36.2 Å². The molecule has 0 bridgehead atoms. The van der Waals surface area contributed by atoms with Crippen LogP contribution in [0.1, 0.15) is 5.56 Å². The fourth-order valence-electron chi connectivity index (χ4n) is 1.94. The van der Waals surface area contributed by atoms with Crippen LogP contribution in [-0.4, -0.2) is 4.98 Å². The smallest absolute Gasteiger partial charge is 0.0466 e. The number of aromatic nitrogens is 1. The number of fused-ring (bicyclic) bond motifs is 1. The second kappa shape index (κ2) is 4.71. The average molecular weight is 274 g/mol. The molecule has 0 saturated carbocycles. The van der Waals surface area contributed by atoms with Crippen molar-refractivity contribution in [1.82, 2.24) is 4.98 Å². The van der Waals surface area contributed by atoms with Gasteiger partial charge in [0, 0.05) is 31.9 Å². The standard InChI is InChI=1S/C15H12ClNS/c1-10-4-2-3-5-14(10)18-15-9-17-13-7-6-11(16)8-12(13)15/h2-9,17H,1H3. The SMILES string of the molecule is Cc1ccccc1Sc1c[nH]c2ccc(Cl)cc12. The summed E-state index contributed by atoms with van der Waals surface area (Å²) in [5, 5.41) is 1.95. The molecule has 3 aromatic rings. The Labute approximate surface area is 115 Å². The molecule has 1 aromatic heterocycles. The molecular formula is C15H12ClNS. The summed E-state index contributed by atoms with van der Waals surface area (Å²) in [5.74, 6) is 0. The van der Waals surface area contributed by atoms with Gasteiger partial charge < -0.3 is 4.98 Å². The van der Waals surface area contributed by atoms with Crippen molar-refractivity contribution in [2.75, 3.05) is 0 Å². The number of H-pyrrole nitrogens is 1. The first kappa shape index (κ1) is 11.7. The van der Waals surface area contributed by atoms with Gasteiger partial charge >= 0.3 is 0 Å². The lowest BCUT2D eigenvalue weighted by Gasteiger charge is -2.03. The summed E-state index contributed by atoms with van der Waals surface area (Å²) in [7, 11) is 0. The molecule has 1 heterocycles. The van der Waals surface area contributed by atoms with E-state index in [-0.39, 0.29) is 0 Å². The normalized spacial score (nSPS) is 11.0. The Morgan fingerprint density at radius 3 is 2.72 bits per heavy atom. The van der Waals surface area contributed by atoms with Gasteiger partial charge in [0.2, 0.25) is 0 Å². The van der Waals surface area contributed by atoms with Crippen LogP contribution in [0.4, 0.5) is 0 Å². The molecule has 0 fully saturated rings. The fraction of sp³-hybridized carbons (Fsp3) is 0.0667. The van der Waals surface area contributed by atoms with Crippen LogP contribution in [0.25, 0.3) is 10.9 Å². The second-order valence-electron chi connectivity index (χ2n) is 4.21. The van der Waals surface area contributed by atoms with Crippen molar-refractivity contribution in [3.05, 3.63) is 59.2 Å². The van der Waals surface area contributed by atoms with E-state index in [0.29, 0.717) is 0 Å². The number of aromatic amines is 1. The quantitative estimate of drug-likeness (QED) is 0.671. The number of nitrogens with one attached hydrogen (secondary N) is 1. The van der Waals surface area contributed by atoms with Crippen LogP contribution in [0, 0.1) is 6.92 Å². The summed E-state index contributed by atoms with van der Waals surface area (Å²) in [6, 6.07) is 14.3. The van der Waals surface area contributed by atoms with Crippen molar-refractivity contribution in [3.63, 3.8) is 0 Å². The van der Waals surface area contributed by atoms with Crippen LogP contribution < -0.4 is 0 Å². The van der Waals surface area contributed by atoms with E-state index >= 15 is 0 Å². The molecular weight excluding hydrogens is 262 g/mol. The monoisotopic (exact) mass is 273 g/mol. The van der Waals surface area contributed by atoms with Gasteiger partial charge in [-0.05, 0) is 36.8 Å². The predicted molar refractivity (Wildman–Crippen MR) is 78.6 cm³/mol. The molecule has 2 aromatic carbocycles. The van der Waals surface area contributed by atoms with E-state index in [1.54, 1.807) is 11.8 Å². The zero-order valence-electron chi connectivity index (χ0n) is 9.91. The lowest BCUT2D eigenvalue weighted by atomic mass is 10.2. The minimum atomic E-state index is 0.772. The Kier molecular flexibility index (Phi) is 3.06. The minimum absolute atomic E-state index is 0.772. The van der Waals surface area contributed by atoms with E-state index in [4.69, 9.17) is 11.6 Å². The van der Waals surface area contributed by atoms with Crippen molar-refractivity contribution in [2.45, 2.75) is 16.7 Å². The van der Waals surface area contributed by atoms with Crippen molar-refractivity contribution in [3.8, 4) is 0 Å². The Morgan fingerprint density at radius 1 is 1.06 bits per heavy atom. The Morgan fingerprint density at radius 2 is 1.89 bits per heavy atom. The Hall–Kier alpha value is -1.38. The zero-order chi connectivity index (χ0) is 12.5. The zero-order valence-corrected chi connectivity index (χ0v) is 11.5. The third-order valence-corrected chi connectivity index (χ3v) is 4.39. The molecule has 1 N–H and O–H groups in total. The van der Waals surface area contributed by atoms with Crippen molar-refractivity contribution < 1.29 is 0 Å². The summed E-state index contributed by atoms with van der Waals surface area (Å²) in [4.78, 5) is 5.76. The van der Waals surface area contributed by atoms with E-state index < -0.39 is 0 Å². The number of hydrogen-bond donors (Lipinski definition) is 1. The molecule has 18 heavy (non-hydrogen) atoms. The van der Waals surface area contributed by atoms with Crippen LogP contribution in [0.3, 0.4) is 0 Å². The lowest BCUT2D eigenvalue weighted by molar-refractivity contribution is 1.30. The van der Waals surface area contributed by atoms with Gasteiger partial charge in [-0.25, -0.2) is 0 Å². The van der Waals surface area contributed by atoms with Gasteiger partial charge in [-0.2, -0.15) is 0 Å². The van der Waals surface area contributed by atoms with Gasteiger partial charge in [0.15, 0.2) is 0 Å². The minimum Gasteiger partial charge on any atom is -0.360 e. The molecule has 0 aliphatic heterocycles. The molecule has 3 rings (SSSR count). The van der Waals surface area contributed by atoms with Gasteiger partial charge in [0.25, 0.3) is 0 Å². The first-order valence-electron chi connectivity index (χ1n) is 5.74. The average Bonchev–Trinajstić information content (AvgIpc) is 2.75. The van der Waals surface area contributed by atoms with Gasteiger partial charge in [-0.3, -0.25) is 0 Å². The van der Waals surface area contributed by atoms with Crippen molar-refractivity contribution in [2.24, 2.45) is 0 Å². The molecule has 90 valence electrons. The maximum Gasteiger partial charge on any atom is 0.0466 e. The van der Waals surface area contributed by atoms with Crippen LogP contribution in [0.5, 0.6) is 0 Å². The second-order valence-corrected chi connectivity index (χ2v) is 5.73. The molecule has 0 unspecified atom stereocenters. The van der Waals surface area contributed by atoms with Crippen LogP contribution >= 0.6 is 23.4 Å². The number of benzene rings is 2. The van der Waals surface area contributed by atoms with E-state index in [0.717, 1.165) is 10.5 Å². The van der Waals surface area contributed by atoms with Gasteiger partial charge in [0.05, 0.1) is 0 Å². The molecule has 1 nitrogen and oxygen atoms in total. The fourth-order valence-corrected chi connectivity index (χ4v) is 3.12. The molecule has 0 aliphatic rings. The third-order valence-electron chi connectivity index (χ3n) is 2.92. The van der Waals surface area contributed by atoms with E-state index in [1.165, 1.54) is 20.7 Å². The summed E-state index contributed by atoms with van der Waals surface area (Å²) in [6.45, 7) is 2.13. The maximum absolute atomic E-state index is 6.06. The van der Waals surface area contributed by atoms with Gasteiger partial charge in [-0.15, -0.1) is 0 Å². The van der Waals surface area contributed by atoms with Gasteiger partial charge in [0.1, 0.15) is 0 Å². The predicted octanol–water partition coefficient (Wildman–Crippen LogP) is 5.28. The first-order chi connectivity index (χ1) is 8.74. The number of halogens is 1. The highest BCUT2D eigenvalue weighted by molar-refractivity contribution is 7.99. The van der Waals surface area contributed by atoms with Crippen LogP contribution in [0.2, 0.25) is 5.02 Å². The van der Waals surface area contributed by atoms with Crippen LogP contribution in [0.15, 0.2) is 58.5 Å². The number of aryl methyl sites for hydroxylation is 1. The first-order valence-corrected chi connectivity index (χ1v) is 6.93. The molecule has 0 aliphatic carbocycles. The molecule has 0 atom stereocenters. The highest BCUT2D eigenvalue weighted by Gasteiger charge is 2.07. The number of hydrogen-bond acceptors (Lipinski definition) is 1. The molecule has 0 radical (unpaired) electrons. The summed E-state index contributed by atoms with van der Waals surface area (Å²) < 4.78 is 0. The highest BCUT2D eigenvalue weighted by atomic mass is 35.5. The summed E-state index contributed by atoms with van der Waals surface area (Å²) in [6.07, 6.45) is 2.04. The topological polar surface area (TPSA) is 15.8 Å².